The number of unbranched alkanes of at least 4 members (excludes halogenated alkanes) is 1. The van der Waals surface area contributed by atoms with Gasteiger partial charge < -0.3 is 10.6 Å². The van der Waals surface area contributed by atoms with Crippen molar-refractivity contribution in [3.63, 3.8) is 0 Å². The number of pyridine rings is 1. The van der Waals surface area contributed by atoms with Crippen molar-refractivity contribution in [2.45, 2.75) is 113 Å². The van der Waals surface area contributed by atoms with Gasteiger partial charge in [-0.25, -0.2) is 8.78 Å². The van der Waals surface area contributed by atoms with E-state index in [1.165, 1.54) is 16.2 Å². The van der Waals surface area contributed by atoms with Crippen LogP contribution in [0.25, 0.3) is 0 Å². The summed E-state index contributed by atoms with van der Waals surface area (Å²) in [6, 6.07) is 22.4. The van der Waals surface area contributed by atoms with Crippen molar-refractivity contribution >= 4 is 17.7 Å². The second kappa shape index (κ2) is 16.6. The Labute approximate surface area is 323 Å². The van der Waals surface area contributed by atoms with Crippen LogP contribution in [-0.4, -0.2) is 94.2 Å². The fourth-order valence-electron chi connectivity index (χ4n) is 10.0. The number of amides is 3. The van der Waals surface area contributed by atoms with Gasteiger partial charge in [0.1, 0.15) is 0 Å². The summed E-state index contributed by atoms with van der Waals surface area (Å²) < 4.78 is 27.8. The Balaban J connectivity index is 0.937. The molecule has 0 spiro atoms. The number of imide groups is 1. The summed E-state index contributed by atoms with van der Waals surface area (Å²) in [6.45, 7) is 3.86. The summed E-state index contributed by atoms with van der Waals surface area (Å²) in [7, 11) is 0. The van der Waals surface area contributed by atoms with E-state index in [1.807, 2.05) is 30.5 Å². The second-order valence-electron chi connectivity index (χ2n) is 16.4. The predicted octanol–water partition coefficient (Wildman–Crippen LogP) is 6.72. The number of piperazine rings is 1. The summed E-state index contributed by atoms with van der Waals surface area (Å²) in [5, 5.41) is 7.22. The van der Waals surface area contributed by atoms with Gasteiger partial charge in [-0.1, -0.05) is 48.5 Å². The number of nitrogens with zero attached hydrogens (tertiary/aromatic N) is 4. The summed E-state index contributed by atoms with van der Waals surface area (Å²) >= 11 is 0. The van der Waals surface area contributed by atoms with E-state index in [0.29, 0.717) is 29.8 Å². The van der Waals surface area contributed by atoms with Gasteiger partial charge in [-0.05, 0) is 100 Å². The van der Waals surface area contributed by atoms with E-state index in [2.05, 4.69) is 38.6 Å². The SMILES string of the molecule is O=C(N[C@@H](CCN1C2CCC1C(CN(CCCCN1C(=O)c3ccccc3C1=O)[C@H]1CCCc3cccnc31)NC2)c1ccccc1)C1CCC(F)(F)CC1. The number of hydrogen-bond acceptors (Lipinski definition) is 7. The van der Waals surface area contributed by atoms with Gasteiger partial charge >= 0.3 is 0 Å². The zero-order chi connectivity index (χ0) is 37.9. The van der Waals surface area contributed by atoms with Gasteiger partial charge in [-0.15, -0.1) is 0 Å². The van der Waals surface area contributed by atoms with Crippen molar-refractivity contribution in [3.8, 4) is 0 Å². The van der Waals surface area contributed by atoms with Crippen LogP contribution in [-0.2, 0) is 11.2 Å². The quantitative estimate of drug-likeness (QED) is 0.140. The molecule has 0 radical (unpaired) electrons. The number of nitrogens with one attached hydrogen (secondary N) is 2. The Hall–Kier alpha value is -4.06. The number of halogens is 2. The van der Waals surface area contributed by atoms with Crippen molar-refractivity contribution in [1.29, 1.82) is 0 Å². The highest BCUT2D eigenvalue weighted by atomic mass is 19.3. The fourth-order valence-corrected chi connectivity index (χ4v) is 10.0. The van der Waals surface area contributed by atoms with E-state index in [4.69, 9.17) is 4.98 Å². The molecule has 5 aliphatic rings. The number of alkyl halides is 2. The summed E-state index contributed by atoms with van der Waals surface area (Å²) in [5.74, 6) is -3.54. The summed E-state index contributed by atoms with van der Waals surface area (Å²) in [5.41, 5.74) is 4.54. The van der Waals surface area contributed by atoms with E-state index in [1.54, 1.807) is 24.3 Å². The van der Waals surface area contributed by atoms with Crippen molar-refractivity contribution < 1.29 is 23.2 Å². The van der Waals surface area contributed by atoms with Gasteiger partial charge in [-0.3, -0.25) is 34.1 Å². The molecule has 1 aromatic heterocycles. The lowest BCUT2D eigenvalue weighted by molar-refractivity contribution is -0.130. The first-order chi connectivity index (χ1) is 26.8. The fraction of sp³-hybridized carbons (Fsp3) is 0.545. The lowest BCUT2D eigenvalue weighted by Gasteiger charge is -2.45. The lowest BCUT2D eigenvalue weighted by atomic mass is 9.86. The molecule has 3 aromatic rings. The molecule has 2 aliphatic carbocycles. The van der Waals surface area contributed by atoms with Crippen molar-refractivity contribution in [2.75, 3.05) is 32.7 Å². The Morgan fingerprint density at radius 2 is 1.65 bits per heavy atom. The molecule has 292 valence electrons. The molecule has 1 saturated carbocycles. The predicted molar refractivity (Wildman–Crippen MR) is 207 cm³/mol. The number of carbonyl (C=O) groups excluding carboxylic acids is 3. The Bertz CT molecular complexity index is 1800. The molecular weight excluding hydrogens is 699 g/mol. The normalized spacial score (nSPS) is 25.5. The number of fused-ring (bicyclic) bond motifs is 4. The molecule has 9 nitrogen and oxygen atoms in total. The molecule has 2 bridgehead atoms. The van der Waals surface area contributed by atoms with Crippen molar-refractivity contribution in [3.05, 3.63) is 101 Å². The van der Waals surface area contributed by atoms with Crippen LogP contribution in [0.4, 0.5) is 8.78 Å². The van der Waals surface area contributed by atoms with Crippen LogP contribution < -0.4 is 10.6 Å². The monoisotopic (exact) mass is 752 g/mol. The highest BCUT2D eigenvalue weighted by Crippen LogP contribution is 2.38. The molecule has 3 fully saturated rings. The zero-order valence-electron chi connectivity index (χ0n) is 31.7. The van der Waals surface area contributed by atoms with Crippen LogP contribution in [0.3, 0.4) is 0 Å². The van der Waals surface area contributed by atoms with E-state index >= 15 is 0 Å². The van der Waals surface area contributed by atoms with Crippen LogP contribution in [0.5, 0.6) is 0 Å². The molecule has 2 aromatic carbocycles. The molecule has 3 amide bonds. The average Bonchev–Trinajstić information content (AvgIpc) is 3.63. The number of benzene rings is 2. The lowest BCUT2D eigenvalue weighted by Crippen LogP contribution is -2.61. The van der Waals surface area contributed by atoms with Gasteiger partial charge in [-0.2, -0.15) is 0 Å². The standard InChI is InChI=1S/C44H54F2N6O3/c45-44(46)22-19-32(20-23-44)41(53)49-36(30-10-2-1-3-11-30)21-27-51-33-17-18-38(51)37(48-28-33)29-50(39-16-8-12-31-13-9-24-47-40(31)39)25-6-7-26-52-42(54)34-14-4-5-15-35(34)43(52)55/h1-5,9-11,13-15,24,32-33,36-39,48H,6-8,12,16-23,25-29H2,(H,49,53)/t33?,36-,37?,38?,39-/m0/s1. The maximum absolute atomic E-state index is 13.9. The van der Waals surface area contributed by atoms with E-state index < -0.39 is 5.92 Å². The minimum Gasteiger partial charge on any atom is -0.349 e. The zero-order valence-corrected chi connectivity index (χ0v) is 31.7. The van der Waals surface area contributed by atoms with Gasteiger partial charge in [0, 0.05) is 69.3 Å². The van der Waals surface area contributed by atoms with Crippen molar-refractivity contribution in [1.82, 2.24) is 30.3 Å². The number of aromatic nitrogens is 1. The number of carbonyl (C=O) groups is 3. The molecule has 5 atom stereocenters. The molecule has 55 heavy (non-hydrogen) atoms. The Morgan fingerprint density at radius 3 is 2.42 bits per heavy atom. The summed E-state index contributed by atoms with van der Waals surface area (Å²) in [6.07, 6.45) is 9.68. The third-order valence-corrected chi connectivity index (χ3v) is 13.0. The van der Waals surface area contributed by atoms with Crippen LogP contribution in [0.15, 0.2) is 72.9 Å². The molecule has 3 unspecified atom stereocenters. The Morgan fingerprint density at radius 1 is 0.909 bits per heavy atom. The first-order valence-electron chi connectivity index (χ1n) is 20.6. The first-order valence-corrected chi connectivity index (χ1v) is 20.6. The molecule has 2 N–H and O–H groups in total. The maximum Gasteiger partial charge on any atom is 0.261 e. The molecule has 11 heteroatoms. The molecular formula is C44H54F2N6O3. The molecule has 2 saturated heterocycles. The topological polar surface area (TPSA) is 97.9 Å². The van der Waals surface area contributed by atoms with Crippen LogP contribution >= 0.6 is 0 Å². The van der Waals surface area contributed by atoms with Gasteiger partial charge in [0.25, 0.3) is 11.8 Å². The molecule has 8 rings (SSSR count). The smallest absolute Gasteiger partial charge is 0.261 e. The number of hydrogen-bond donors (Lipinski definition) is 2. The second-order valence-corrected chi connectivity index (χ2v) is 16.4. The minimum atomic E-state index is -2.66. The van der Waals surface area contributed by atoms with Gasteiger partial charge in [0.2, 0.25) is 11.8 Å². The maximum atomic E-state index is 13.9. The third-order valence-electron chi connectivity index (χ3n) is 13.0. The van der Waals surface area contributed by atoms with Gasteiger partial charge in [0.05, 0.1) is 28.9 Å². The molecule has 3 aliphatic heterocycles. The van der Waals surface area contributed by atoms with Gasteiger partial charge in [0.15, 0.2) is 0 Å². The minimum absolute atomic E-state index is 0.106. The highest BCUT2D eigenvalue weighted by molar-refractivity contribution is 6.21. The third kappa shape index (κ3) is 8.25. The highest BCUT2D eigenvalue weighted by Gasteiger charge is 2.44. The average molecular weight is 753 g/mol. The van der Waals surface area contributed by atoms with Crippen LogP contribution in [0.1, 0.15) is 120 Å². The number of rotatable bonds is 14. The first kappa shape index (κ1) is 37.8. The van der Waals surface area contributed by atoms with E-state index in [9.17, 15) is 23.2 Å². The van der Waals surface area contributed by atoms with Crippen LogP contribution in [0, 0.1) is 5.92 Å². The molecule has 4 heterocycles. The summed E-state index contributed by atoms with van der Waals surface area (Å²) in [4.78, 5) is 51.1. The number of aryl methyl sites for hydroxylation is 1. The largest absolute Gasteiger partial charge is 0.349 e. The Kier molecular flexibility index (Phi) is 11.4. The van der Waals surface area contributed by atoms with Crippen LogP contribution in [0.2, 0.25) is 0 Å². The van der Waals surface area contributed by atoms with E-state index in [0.717, 1.165) is 83.1 Å². The van der Waals surface area contributed by atoms with Crippen molar-refractivity contribution in [2.24, 2.45) is 5.92 Å². The van der Waals surface area contributed by atoms with E-state index in [-0.39, 0.29) is 67.4 Å².